The number of hydrogen-bond donors (Lipinski definition) is 0. The minimum absolute atomic E-state index is 0.228. The van der Waals surface area contributed by atoms with Gasteiger partial charge in [0.1, 0.15) is 11.2 Å². The molecular weight excluding hydrogens is 444 g/mol. The lowest BCUT2D eigenvalue weighted by Crippen LogP contribution is -2.30. The third-order valence-corrected chi connectivity index (χ3v) is 6.74. The van der Waals surface area contributed by atoms with Crippen molar-refractivity contribution in [1.29, 1.82) is 0 Å². The molecule has 0 spiro atoms. The number of para-hydroxylation sites is 1. The minimum Gasteiger partial charge on any atom is -0.302 e. The van der Waals surface area contributed by atoms with Gasteiger partial charge in [0.15, 0.2) is 5.71 Å². The Morgan fingerprint density at radius 1 is 0.824 bits per heavy atom. The van der Waals surface area contributed by atoms with Gasteiger partial charge in [-0.05, 0) is 17.2 Å². The summed E-state index contributed by atoms with van der Waals surface area (Å²) in [6.45, 7) is 0.421. The van der Waals surface area contributed by atoms with Crippen LogP contribution < -0.4 is 10.5 Å². The highest BCUT2D eigenvalue weighted by Gasteiger charge is 2.34. The highest BCUT2D eigenvalue weighted by atomic mass is 32.1. The predicted molar refractivity (Wildman–Crippen MR) is 135 cm³/mol. The molecule has 3 heterocycles. The Kier molecular flexibility index (Phi) is 4.89. The van der Waals surface area contributed by atoms with Crippen molar-refractivity contribution < 1.29 is 4.79 Å². The topological polar surface area (TPSA) is 67.6 Å². The van der Waals surface area contributed by atoms with Crippen LogP contribution in [0, 0.1) is 0 Å². The van der Waals surface area contributed by atoms with E-state index in [1.165, 1.54) is 22.3 Å². The average molecular weight is 463 g/mol. The van der Waals surface area contributed by atoms with E-state index in [9.17, 15) is 9.59 Å². The van der Waals surface area contributed by atoms with Crippen LogP contribution in [0.3, 0.4) is 0 Å². The summed E-state index contributed by atoms with van der Waals surface area (Å²) in [4.78, 5) is 33.7. The smallest absolute Gasteiger partial charge is 0.283 e. The third-order valence-electron chi connectivity index (χ3n) is 5.85. The van der Waals surface area contributed by atoms with Crippen LogP contribution in [0.25, 0.3) is 21.3 Å². The van der Waals surface area contributed by atoms with Gasteiger partial charge in [-0.3, -0.25) is 9.59 Å². The van der Waals surface area contributed by atoms with E-state index < -0.39 is 0 Å². The van der Waals surface area contributed by atoms with Gasteiger partial charge in [-0.15, -0.1) is 11.3 Å². The fourth-order valence-electron chi connectivity index (χ4n) is 4.21. The van der Waals surface area contributed by atoms with Crippen molar-refractivity contribution in [3.8, 4) is 11.1 Å². The van der Waals surface area contributed by atoms with Crippen LogP contribution in [0.15, 0.2) is 107 Å². The van der Waals surface area contributed by atoms with Gasteiger partial charge in [-0.2, -0.15) is 9.78 Å². The second-order valence-corrected chi connectivity index (χ2v) is 8.79. The maximum atomic E-state index is 13.5. The fraction of sp³-hybridized carbons (Fsp3) is 0.0370. The van der Waals surface area contributed by atoms with Gasteiger partial charge in [-0.1, -0.05) is 78.9 Å². The summed E-state index contributed by atoms with van der Waals surface area (Å²) in [6, 6.07) is 27.0. The fourth-order valence-corrected chi connectivity index (χ4v) is 5.12. The molecule has 164 valence electrons. The van der Waals surface area contributed by atoms with Crippen molar-refractivity contribution in [2.75, 3.05) is 4.90 Å². The van der Waals surface area contributed by atoms with E-state index in [4.69, 9.17) is 0 Å². The van der Waals surface area contributed by atoms with Gasteiger partial charge >= 0.3 is 0 Å². The summed E-state index contributed by atoms with van der Waals surface area (Å²) in [7, 11) is 0. The number of fused-ring (bicyclic) bond motifs is 2. The van der Waals surface area contributed by atoms with Crippen LogP contribution in [0.4, 0.5) is 5.69 Å². The second kappa shape index (κ2) is 8.20. The number of hydrogen-bond acceptors (Lipinski definition) is 5. The minimum atomic E-state index is -0.301. The Balaban J connectivity index is 1.47. The monoisotopic (exact) mass is 462 g/mol. The molecule has 0 radical (unpaired) electrons. The molecule has 7 heteroatoms. The number of carbonyl (C=O) groups is 1. The number of anilines is 1. The van der Waals surface area contributed by atoms with E-state index in [1.807, 2.05) is 90.3 Å². The molecule has 6 nitrogen and oxygen atoms in total. The number of thiophene rings is 1. The summed E-state index contributed by atoms with van der Waals surface area (Å²) in [6.07, 6.45) is 1.39. The molecule has 0 saturated carbocycles. The third kappa shape index (κ3) is 3.34. The van der Waals surface area contributed by atoms with Crippen molar-refractivity contribution in [2.24, 2.45) is 5.10 Å². The molecule has 0 atom stereocenters. The lowest BCUT2D eigenvalue weighted by molar-refractivity contribution is -0.112. The summed E-state index contributed by atoms with van der Waals surface area (Å²) >= 11 is 1.42. The average Bonchev–Trinajstić information content (AvgIpc) is 3.43. The Morgan fingerprint density at radius 2 is 1.53 bits per heavy atom. The first-order valence-electron chi connectivity index (χ1n) is 10.8. The maximum absolute atomic E-state index is 13.5. The summed E-state index contributed by atoms with van der Waals surface area (Å²) < 4.78 is 1.18. The number of rotatable bonds is 4. The molecule has 6 rings (SSSR count). The van der Waals surface area contributed by atoms with Crippen LogP contribution in [0.1, 0.15) is 11.1 Å². The van der Waals surface area contributed by atoms with Crippen molar-refractivity contribution in [3.05, 3.63) is 118 Å². The van der Waals surface area contributed by atoms with Crippen molar-refractivity contribution in [3.63, 3.8) is 0 Å². The summed E-state index contributed by atoms with van der Waals surface area (Å²) in [5, 5.41) is 6.94. The van der Waals surface area contributed by atoms with Crippen LogP contribution >= 0.6 is 11.3 Å². The van der Waals surface area contributed by atoms with E-state index in [0.29, 0.717) is 22.3 Å². The highest BCUT2D eigenvalue weighted by Crippen LogP contribution is 2.32. The molecule has 3 aromatic carbocycles. The number of carbonyl (C=O) groups excluding carboxylic acids is 1. The standard InChI is InChI=1S/C27H18N4O2S/c32-26-23-21(19-11-5-2-6-12-19)16-34-25(23)28-17-31(26)29-24-20-13-7-8-14-22(20)30(27(24)33)15-18-9-3-1-4-10-18/h1-14,16-17H,15H2/b29-24+. The Morgan fingerprint density at radius 3 is 2.32 bits per heavy atom. The summed E-state index contributed by atoms with van der Waals surface area (Å²) in [5.74, 6) is -0.245. The van der Waals surface area contributed by atoms with E-state index in [1.54, 1.807) is 4.90 Å². The van der Waals surface area contributed by atoms with Crippen molar-refractivity contribution in [1.82, 2.24) is 9.66 Å². The van der Waals surface area contributed by atoms with Gasteiger partial charge in [0.2, 0.25) is 0 Å². The van der Waals surface area contributed by atoms with Crippen LogP contribution in [-0.2, 0) is 11.3 Å². The molecule has 0 fully saturated rings. The molecule has 1 amide bonds. The number of aromatic nitrogens is 2. The normalized spacial score (nSPS) is 14.2. The molecular formula is C27H18N4O2S. The molecule has 2 aromatic heterocycles. The first-order chi connectivity index (χ1) is 16.7. The van der Waals surface area contributed by atoms with E-state index in [0.717, 1.165) is 22.4 Å². The van der Waals surface area contributed by atoms with Gasteiger partial charge in [0.05, 0.1) is 17.6 Å². The molecule has 0 bridgehead atoms. The highest BCUT2D eigenvalue weighted by molar-refractivity contribution is 7.17. The molecule has 1 aliphatic rings. The first kappa shape index (κ1) is 20.3. The predicted octanol–water partition coefficient (Wildman–Crippen LogP) is 4.92. The SMILES string of the molecule is O=C1/C(=N/n2cnc3scc(-c4ccccc4)c3c2=O)c2ccccc2N1Cc1ccccc1. The Hall–Kier alpha value is -4.36. The second-order valence-electron chi connectivity index (χ2n) is 7.93. The zero-order chi connectivity index (χ0) is 23.1. The van der Waals surface area contributed by atoms with Gasteiger partial charge in [0.25, 0.3) is 11.5 Å². The van der Waals surface area contributed by atoms with E-state index >= 15 is 0 Å². The summed E-state index contributed by atoms with van der Waals surface area (Å²) in [5.41, 5.74) is 4.17. The Bertz CT molecular complexity index is 1620. The number of amides is 1. The molecule has 0 unspecified atom stereocenters. The van der Waals surface area contributed by atoms with Gasteiger partial charge < -0.3 is 4.90 Å². The molecule has 34 heavy (non-hydrogen) atoms. The largest absolute Gasteiger partial charge is 0.302 e. The zero-order valence-corrected chi connectivity index (χ0v) is 18.8. The van der Waals surface area contributed by atoms with Crippen molar-refractivity contribution in [2.45, 2.75) is 6.54 Å². The molecule has 5 aromatic rings. The van der Waals surface area contributed by atoms with Gasteiger partial charge in [0, 0.05) is 16.5 Å². The molecule has 0 N–H and O–H groups in total. The number of nitrogens with zero attached hydrogens (tertiary/aromatic N) is 4. The quantitative estimate of drug-likeness (QED) is 0.381. The van der Waals surface area contributed by atoms with E-state index in [2.05, 4.69) is 10.1 Å². The molecule has 0 aliphatic carbocycles. The van der Waals surface area contributed by atoms with Crippen LogP contribution in [-0.4, -0.2) is 21.3 Å². The Labute approximate surface area is 199 Å². The lowest BCUT2D eigenvalue weighted by atomic mass is 10.1. The molecule has 1 aliphatic heterocycles. The van der Waals surface area contributed by atoms with Crippen LogP contribution in [0.5, 0.6) is 0 Å². The lowest BCUT2D eigenvalue weighted by Gasteiger charge is -2.16. The van der Waals surface area contributed by atoms with Crippen molar-refractivity contribution >= 4 is 38.9 Å². The van der Waals surface area contributed by atoms with Crippen LogP contribution in [0.2, 0.25) is 0 Å². The first-order valence-corrected chi connectivity index (χ1v) is 11.7. The number of benzene rings is 3. The van der Waals surface area contributed by atoms with E-state index in [-0.39, 0.29) is 17.2 Å². The maximum Gasteiger partial charge on any atom is 0.283 e. The molecule has 0 saturated heterocycles. The zero-order valence-electron chi connectivity index (χ0n) is 18.0. The van der Waals surface area contributed by atoms with Gasteiger partial charge in [-0.25, -0.2) is 4.98 Å².